The first kappa shape index (κ1) is 20.8. The maximum atomic E-state index is 4.71. The van der Waals surface area contributed by atoms with Crippen molar-refractivity contribution in [2.24, 2.45) is 12.0 Å². The van der Waals surface area contributed by atoms with Crippen molar-refractivity contribution < 1.29 is 0 Å². The first-order chi connectivity index (χ1) is 13.0. The monoisotopic (exact) mass is 370 g/mol. The van der Waals surface area contributed by atoms with E-state index in [0.717, 1.165) is 49.8 Å². The van der Waals surface area contributed by atoms with Gasteiger partial charge in [-0.25, -0.2) is 0 Å². The van der Waals surface area contributed by atoms with E-state index in [1.54, 1.807) is 0 Å². The van der Waals surface area contributed by atoms with E-state index >= 15 is 0 Å². The van der Waals surface area contributed by atoms with Gasteiger partial charge < -0.3 is 16.0 Å². The fraction of sp³-hybridized carbons (Fsp3) is 0.524. The van der Waals surface area contributed by atoms with Gasteiger partial charge in [0, 0.05) is 44.1 Å². The largest absolute Gasteiger partial charge is 0.385 e. The van der Waals surface area contributed by atoms with Gasteiger partial charge in [-0.1, -0.05) is 18.2 Å². The molecule has 0 bridgehead atoms. The second-order valence-corrected chi connectivity index (χ2v) is 6.93. The van der Waals surface area contributed by atoms with Crippen LogP contribution >= 0.6 is 0 Å². The fourth-order valence-corrected chi connectivity index (χ4v) is 3.08. The van der Waals surface area contributed by atoms with Crippen LogP contribution in [0.3, 0.4) is 0 Å². The van der Waals surface area contributed by atoms with Crippen molar-refractivity contribution in [3.63, 3.8) is 0 Å². The van der Waals surface area contributed by atoms with Crippen molar-refractivity contribution in [1.82, 2.24) is 20.4 Å². The molecule has 2 aromatic rings. The highest BCUT2D eigenvalue weighted by molar-refractivity contribution is 5.80. The highest BCUT2D eigenvalue weighted by Crippen LogP contribution is 2.14. The van der Waals surface area contributed by atoms with E-state index < -0.39 is 0 Å². The minimum atomic E-state index is 0.284. The average Bonchev–Trinajstić information content (AvgIpc) is 2.88. The standard InChI is InChI=1S/C21H34N6/c1-6-22-21(24-14-10-13-23-19-11-8-7-9-12-19)25-16(2)15-20-17(3)26-27(5)18(20)4/h7-9,11-12,16,23H,6,10,13-15H2,1-5H3,(H2,22,24,25). The zero-order chi connectivity index (χ0) is 19.6. The number of hydrogen-bond donors (Lipinski definition) is 3. The Bertz CT molecular complexity index is 720. The van der Waals surface area contributed by atoms with Crippen LogP contribution in [0.5, 0.6) is 0 Å². The number of aliphatic imine (C=N–C) groups is 1. The van der Waals surface area contributed by atoms with Crippen LogP contribution in [0, 0.1) is 13.8 Å². The zero-order valence-electron chi connectivity index (χ0n) is 17.3. The Morgan fingerprint density at radius 1 is 1.22 bits per heavy atom. The quantitative estimate of drug-likeness (QED) is 0.361. The third-order valence-electron chi connectivity index (χ3n) is 4.60. The van der Waals surface area contributed by atoms with Gasteiger partial charge in [-0.15, -0.1) is 0 Å². The number of guanidine groups is 1. The second kappa shape index (κ2) is 10.6. The van der Waals surface area contributed by atoms with Gasteiger partial charge in [0.15, 0.2) is 5.96 Å². The molecule has 0 spiro atoms. The van der Waals surface area contributed by atoms with Crippen LogP contribution in [0.15, 0.2) is 35.3 Å². The summed E-state index contributed by atoms with van der Waals surface area (Å²) in [6.07, 6.45) is 1.92. The number of rotatable bonds is 9. The van der Waals surface area contributed by atoms with E-state index in [-0.39, 0.29) is 6.04 Å². The minimum absolute atomic E-state index is 0.284. The molecular formula is C21H34N6. The molecule has 6 nitrogen and oxygen atoms in total. The first-order valence-electron chi connectivity index (χ1n) is 9.84. The molecule has 1 aromatic heterocycles. The lowest BCUT2D eigenvalue weighted by Crippen LogP contribution is -2.43. The molecule has 0 fully saturated rings. The number of para-hydroxylation sites is 1. The molecular weight excluding hydrogens is 336 g/mol. The molecule has 1 unspecified atom stereocenters. The molecule has 0 saturated carbocycles. The van der Waals surface area contributed by atoms with Crippen LogP contribution in [0.1, 0.15) is 37.2 Å². The highest BCUT2D eigenvalue weighted by atomic mass is 15.3. The molecule has 6 heteroatoms. The van der Waals surface area contributed by atoms with Crippen LogP contribution in [0.25, 0.3) is 0 Å². The first-order valence-corrected chi connectivity index (χ1v) is 9.84. The number of aryl methyl sites for hydroxylation is 2. The summed E-state index contributed by atoms with van der Waals surface area (Å²) in [4.78, 5) is 4.71. The van der Waals surface area contributed by atoms with E-state index in [0.29, 0.717) is 0 Å². The lowest BCUT2D eigenvalue weighted by molar-refractivity contribution is 0.635. The zero-order valence-corrected chi connectivity index (χ0v) is 17.3. The lowest BCUT2D eigenvalue weighted by Gasteiger charge is -2.18. The number of anilines is 1. The van der Waals surface area contributed by atoms with Gasteiger partial charge in [-0.3, -0.25) is 9.67 Å². The number of benzene rings is 1. The van der Waals surface area contributed by atoms with Crippen molar-refractivity contribution in [3.8, 4) is 0 Å². The van der Waals surface area contributed by atoms with Crippen LogP contribution in [-0.2, 0) is 13.5 Å². The highest BCUT2D eigenvalue weighted by Gasteiger charge is 2.13. The number of hydrogen-bond acceptors (Lipinski definition) is 3. The molecule has 0 aliphatic rings. The van der Waals surface area contributed by atoms with Gasteiger partial charge in [-0.2, -0.15) is 5.10 Å². The summed E-state index contributed by atoms with van der Waals surface area (Å²) >= 11 is 0. The summed E-state index contributed by atoms with van der Waals surface area (Å²) in [7, 11) is 2.00. The molecule has 2 rings (SSSR count). The summed E-state index contributed by atoms with van der Waals surface area (Å²) in [5, 5.41) is 14.8. The molecule has 1 aromatic carbocycles. The summed E-state index contributed by atoms with van der Waals surface area (Å²) in [5.41, 5.74) is 4.82. The van der Waals surface area contributed by atoms with Crippen molar-refractivity contribution in [2.75, 3.05) is 25.0 Å². The summed E-state index contributed by atoms with van der Waals surface area (Å²) in [5.74, 6) is 0.879. The molecule has 0 aliphatic carbocycles. The number of nitrogens with zero attached hydrogens (tertiary/aromatic N) is 3. The lowest BCUT2D eigenvalue weighted by atomic mass is 10.1. The van der Waals surface area contributed by atoms with E-state index in [2.05, 4.69) is 60.9 Å². The summed E-state index contributed by atoms with van der Waals surface area (Å²) in [6.45, 7) is 11.0. The van der Waals surface area contributed by atoms with Crippen molar-refractivity contribution in [3.05, 3.63) is 47.3 Å². The normalized spacial score (nSPS) is 12.7. The average molecular weight is 371 g/mol. The maximum absolute atomic E-state index is 4.71. The Kier molecular flexibility index (Phi) is 8.17. The second-order valence-electron chi connectivity index (χ2n) is 6.93. The third-order valence-corrected chi connectivity index (χ3v) is 4.60. The van der Waals surface area contributed by atoms with Crippen LogP contribution in [-0.4, -0.2) is 41.4 Å². The van der Waals surface area contributed by atoms with Crippen LogP contribution < -0.4 is 16.0 Å². The van der Waals surface area contributed by atoms with E-state index in [1.807, 2.05) is 29.9 Å². The molecule has 3 N–H and O–H groups in total. The van der Waals surface area contributed by atoms with E-state index in [1.165, 1.54) is 11.3 Å². The Labute approximate surface area is 163 Å². The molecule has 1 heterocycles. The number of nitrogens with one attached hydrogen (secondary N) is 3. The van der Waals surface area contributed by atoms with Crippen molar-refractivity contribution in [1.29, 1.82) is 0 Å². The van der Waals surface area contributed by atoms with Gasteiger partial charge in [-0.05, 0) is 58.2 Å². The molecule has 1 atom stereocenters. The molecule has 27 heavy (non-hydrogen) atoms. The van der Waals surface area contributed by atoms with Gasteiger partial charge in [0.1, 0.15) is 0 Å². The smallest absolute Gasteiger partial charge is 0.191 e. The summed E-state index contributed by atoms with van der Waals surface area (Å²) < 4.78 is 1.95. The SMILES string of the molecule is CCNC(=NCCCNc1ccccc1)NC(C)Cc1c(C)nn(C)c1C. The van der Waals surface area contributed by atoms with E-state index in [4.69, 9.17) is 4.99 Å². The fourth-order valence-electron chi connectivity index (χ4n) is 3.08. The van der Waals surface area contributed by atoms with Crippen LogP contribution in [0.2, 0.25) is 0 Å². The molecule has 148 valence electrons. The molecule has 0 radical (unpaired) electrons. The molecule has 0 saturated heterocycles. The van der Waals surface area contributed by atoms with Crippen molar-refractivity contribution >= 4 is 11.6 Å². The summed E-state index contributed by atoms with van der Waals surface area (Å²) in [6, 6.07) is 10.6. The Balaban J connectivity index is 1.81. The predicted octanol–water partition coefficient (Wildman–Crippen LogP) is 3.03. The predicted molar refractivity (Wildman–Crippen MR) is 115 cm³/mol. The Hall–Kier alpha value is -2.50. The minimum Gasteiger partial charge on any atom is -0.385 e. The molecule has 0 amide bonds. The number of aromatic nitrogens is 2. The third kappa shape index (κ3) is 6.62. The van der Waals surface area contributed by atoms with E-state index in [9.17, 15) is 0 Å². The van der Waals surface area contributed by atoms with Gasteiger partial charge >= 0.3 is 0 Å². The Morgan fingerprint density at radius 3 is 2.59 bits per heavy atom. The molecule has 0 aliphatic heterocycles. The van der Waals surface area contributed by atoms with Crippen LogP contribution in [0.4, 0.5) is 5.69 Å². The Morgan fingerprint density at radius 2 is 1.96 bits per heavy atom. The maximum Gasteiger partial charge on any atom is 0.191 e. The van der Waals surface area contributed by atoms with Gasteiger partial charge in [0.25, 0.3) is 0 Å². The van der Waals surface area contributed by atoms with Gasteiger partial charge in [0.05, 0.1) is 5.69 Å². The van der Waals surface area contributed by atoms with Crippen molar-refractivity contribution in [2.45, 2.75) is 46.6 Å². The topological polar surface area (TPSA) is 66.3 Å². The van der Waals surface area contributed by atoms with Gasteiger partial charge in [0.2, 0.25) is 0 Å².